The number of rotatable bonds is 9. The number of allylic oxidation sites excluding steroid dienone is 4. The Balaban J connectivity index is 1.75. The van der Waals surface area contributed by atoms with Gasteiger partial charge in [0.15, 0.2) is 0 Å². The molecule has 31 heavy (non-hydrogen) atoms. The highest BCUT2D eigenvalue weighted by Gasteiger charge is 2.32. The van der Waals surface area contributed by atoms with Crippen molar-refractivity contribution in [3.05, 3.63) is 82.0 Å². The first kappa shape index (κ1) is 22.7. The molecular weight excluding hydrogens is 386 g/mol. The minimum Gasteiger partial charge on any atom is -0.507 e. The fourth-order valence-electron chi connectivity index (χ4n) is 3.95. The molecule has 0 radical (unpaired) electrons. The van der Waals surface area contributed by atoms with Gasteiger partial charge in [0, 0.05) is 17.7 Å². The number of amides is 1. The molecule has 164 valence electrons. The second kappa shape index (κ2) is 10.3. The third-order valence-electron chi connectivity index (χ3n) is 5.82. The highest BCUT2D eigenvalue weighted by molar-refractivity contribution is 6.00. The van der Waals surface area contributed by atoms with E-state index in [1.165, 1.54) is 16.7 Å². The molecule has 3 rings (SSSR count). The number of carbonyl (C=O) groups excluding carboxylic acids is 1. The number of carbonyl (C=O) groups is 1. The van der Waals surface area contributed by atoms with Crippen LogP contribution >= 0.6 is 0 Å². The molecule has 4 heteroatoms. The van der Waals surface area contributed by atoms with Gasteiger partial charge in [0.05, 0.1) is 19.2 Å². The SMILES string of the molecule is COc1cc2c(c(O)c1C/C=C(\C)CCC=C(C)C)CN(CCc1ccccc1)C2=O. The van der Waals surface area contributed by atoms with Crippen LogP contribution < -0.4 is 4.74 Å². The van der Waals surface area contributed by atoms with E-state index in [9.17, 15) is 9.90 Å². The molecule has 2 aromatic rings. The highest BCUT2D eigenvalue weighted by atomic mass is 16.5. The first-order chi connectivity index (χ1) is 14.9. The Bertz CT molecular complexity index is 985. The van der Waals surface area contributed by atoms with E-state index in [-0.39, 0.29) is 11.7 Å². The lowest BCUT2D eigenvalue weighted by molar-refractivity contribution is 0.0780. The lowest BCUT2D eigenvalue weighted by Gasteiger charge is -2.15. The molecule has 0 unspecified atom stereocenters. The minimum absolute atomic E-state index is 0.0421. The van der Waals surface area contributed by atoms with Crippen LogP contribution in [0, 0.1) is 0 Å². The molecule has 1 aliphatic heterocycles. The number of phenols is 1. The summed E-state index contributed by atoms with van der Waals surface area (Å²) in [7, 11) is 1.59. The van der Waals surface area contributed by atoms with Crippen LogP contribution in [0.25, 0.3) is 0 Å². The molecule has 0 saturated carbocycles. The number of aromatic hydroxyl groups is 1. The lowest BCUT2D eigenvalue weighted by Crippen LogP contribution is -2.26. The molecule has 0 aliphatic carbocycles. The van der Waals surface area contributed by atoms with Crippen LogP contribution in [0.5, 0.6) is 11.5 Å². The van der Waals surface area contributed by atoms with E-state index < -0.39 is 0 Å². The van der Waals surface area contributed by atoms with E-state index in [0.717, 1.165) is 24.8 Å². The molecule has 1 aliphatic rings. The van der Waals surface area contributed by atoms with Crippen molar-refractivity contribution in [3.63, 3.8) is 0 Å². The zero-order valence-corrected chi connectivity index (χ0v) is 19.1. The molecule has 1 heterocycles. The molecule has 2 aromatic carbocycles. The Morgan fingerprint density at radius 1 is 1.16 bits per heavy atom. The first-order valence-corrected chi connectivity index (χ1v) is 10.9. The van der Waals surface area contributed by atoms with E-state index in [4.69, 9.17) is 4.74 Å². The molecule has 1 amide bonds. The van der Waals surface area contributed by atoms with Crippen molar-refractivity contribution in [1.82, 2.24) is 4.90 Å². The van der Waals surface area contributed by atoms with E-state index in [1.54, 1.807) is 18.1 Å². The van der Waals surface area contributed by atoms with Crippen LogP contribution in [0.1, 0.15) is 60.7 Å². The summed E-state index contributed by atoms with van der Waals surface area (Å²) in [5.74, 6) is 0.723. The van der Waals surface area contributed by atoms with Crippen LogP contribution in [0.2, 0.25) is 0 Å². The summed E-state index contributed by atoms with van der Waals surface area (Å²) in [6.45, 7) is 7.39. The second-order valence-corrected chi connectivity index (χ2v) is 8.47. The predicted molar refractivity (Wildman–Crippen MR) is 126 cm³/mol. The quantitative estimate of drug-likeness (QED) is 0.520. The highest BCUT2D eigenvalue weighted by Crippen LogP contribution is 2.39. The normalized spacial score (nSPS) is 13.4. The molecule has 0 bridgehead atoms. The number of ether oxygens (including phenoxy) is 1. The zero-order chi connectivity index (χ0) is 22.4. The Morgan fingerprint density at radius 2 is 1.90 bits per heavy atom. The van der Waals surface area contributed by atoms with Gasteiger partial charge in [-0.05, 0) is 58.1 Å². The van der Waals surface area contributed by atoms with Gasteiger partial charge in [-0.1, -0.05) is 53.6 Å². The third kappa shape index (κ3) is 5.57. The molecule has 0 saturated heterocycles. The van der Waals surface area contributed by atoms with Crippen LogP contribution in [-0.2, 0) is 19.4 Å². The van der Waals surface area contributed by atoms with Crippen LogP contribution in [0.4, 0.5) is 0 Å². The number of nitrogens with zero attached hydrogens (tertiary/aromatic N) is 1. The average Bonchev–Trinajstić information content (AvgIpc) is 3.07. The summed E-state index contributed by atoms with van der Waals surface area (Å²) >= 11 is 0. The van der Waals surface area contributed by atoms with Crippen molar-refractivity contribution >= 4 is 5.91 Å². The Labute approximate surface area is 185 Å². The summed E-state index contributed by atoms with van der Waals surface area (Å²) in [6, 6.07) is 11.9. The van der Waals surface area contributed by atoms with Crippen molar-refractivity contribution in [3.8, 4) is 11.5 Å². The van der Waals surface area contributed by atoms with Crippen LogP contribution in [0.3, 0.4) is 0 Å². The fraction of sp³-hybridized carbons (Fsp3) is 0.370. The van der Waals surface area contributed by atoms with Crippen molar-refractivity contribution in [2.75, 3.05) is 13.7 Å². The maximum atomic E-state index is 12.9. The largest absolute Gasteiger partial charge is 0.507 e. The molecule has 1 N–H and O–H groups in total. The second-order valence-electron chi connectivity index (χ2n) is 8.47. The number of methoxy groups -OCH3 is 1. The van der Waals surface area contributed by atoms with Gasteiger partial charge in [-0.15, -0.1) is 0 Å². The van der Waals surface area contributed by atoms with Gasteiger partial charge in [-0.2, -0.15) is 0 Å². The summed E-state index contributed by atoms with van der Waals surface area (Å²) in [4.78, 5) is 14.7. The van der Waals surface area contributed by atoms with Gasteiger partial charge < -0.3 is 14.7 Å². The Kier molecular flexibility index (Phi) is 7.56. The van der Waals surface area contributed by atoms with Gasteiger partial charge in [0.1, 0.15) is 11.5 Å². The van der Waals surface area contributed by atoms with Crippen LogP contribution in [0.15, 0.2) is 59.7 Å². The number of benzene rings is 2. The van der Waals surface area contributed by atoms with Gasteiger partial charge in [0.25, 0.3) is 5.91 Å². The van der Waals surface area contributed by atoms with Crippen molar-refractivity contribution in [1.29, 1.82) is 0 Å². The van der Waals surface area contributed by atoms with E-state index >= 15 is 0 Å². The number of hydrogen-bond acceptors (Lipinski definition) is 3. The molecule has 0 spiro atoms. The first-order valence-electron chi connectivity index (χ1n) is 10.9. The lowest BCUT2D eigenvalue weighted by atomic mass is 9.99. The third-order valence-corrected chi connectivity index (χ3v) is 5.82. The standard InChI is InChI=1S/C27H33NO3/c1-19(2)9-8-10-20(3)13-14-22-25(31-4)17-23-24(26(22)29)18-28(27(23)30)16-15-21-11-6-5-7-12-21/h5-7,9,11-13,17,29H,8,10,14-16,18H2,1-4H3/b20-13+. The average molecular weight is 420 g/mol. The minimum atomic E-state index is -0.0421. The number of hydrogen-bond donors (Lipinski definition) is 1. The monoisotopic (exact) mass is 419 g/mol. The van der Waals surface area contributed by atoms with E-state index in [2.05, 4.69) is 45.1 Å². The smallest absolute Gasteiger partial charge is 0.254 e. The van der Waals surface area contributed by atoms with Gasteiger partial charge in [-0.3, -0.25) is 4.79 Å². The van der Waals surface area contributed by atoms with Crippen molar-refractivity contribution in [2.24, 2.45) is 0 Å². The molecule has 0 fully saturated rings. The summed E-state index contributed by atoms with van der Waals surface area (Å²) in [5.41, 5.74) is 5.81. The fourth-order valence-corrected chi connectivity index (χ4v) is 3.95. The van der Waals surface area contributed by atoms with Gasteiger partial charge in [-0.25, -0.2) is 0 Å². The van der Waals surface area contributed by atoms with Gasteiger partial charge >= 0.3 is 0 Å². The number of fused-ring (bicyclic) bond motifs is 1. The topological polar surface area (TPSA) is 49.8 Å². The van der Waals surface area contributed by atoms with E-state index in [0.29, 0.717) is 36.4 Å². The molecule has 0 aromatic heterocycles. The maximum absolute atomic E-state index is 12.9. The Morgan fingerprint density at radius 3 is 2.58 bits per heavy atom. The summed E-state index contributed by atoms with van der Waals surface area (Å²) in [5, 5.41) is 11.0. The van der Waals surface area contributed by atoms with Crippen molar-refractivity contribution in [2.45, 2.75) is 53.0 Å². The summed E-state index contributed by atoms with van der Waals surface area (Å²) < 4.78 is 5.54. The molecular formula is C27H33NO3. The number of phenolic OH excluding ortho intramolecular Hbond substituents is 1. The van der Waals surface area contributed by atoms with E-state index in [1.807, 2.05) is 18.2 Å². The zero-order valence-electron chi connectivity index (χ0n) is 19.1. The summed E-state index contributed by atoms with van der Waals surface area (Å²) in [6.07, 6.45) is 7.76. The predicted octanol–water partition coefficient (Wildman–Crippen LogP) is 5.83. The molecule has 0 atom stereocenters. The van der Waals surface area contributed by atoms with Gasteiger partial charge in [0.2, 0.25) is 0 Å². The maximum Gasteiger partial charge on any atom is 0.254 e. The van der Waals surface area contributed by atoms with Crippen molar-refractivity contribution < 1.29 is 14.6 Å². The Hall–Kier alpha value is -3.01. The van der Waals surface area contributed by atoms with Crippen LogP contribution in [-0.4, -0.2) is 29.6 Å². The molecule has 4 nitrogen and oxygen atoms in total.